The largest absolute Gasteiger partial charge is 0.480 e. The number of piperidine rings is 1. The molecule has 2 heterocycles. The van der Waals surface area contributed by atoms with Crippen LogP contribution >= 0.6 is 0 Å². The van der Waals surface area contributed by atoms with Gasteiger partial charge < -0.3 is 9.84 Å². The number of ether oxygens (including phenoxy) is 1. The summed E-state index contributed by atoms with van der Waals surface area (Å²) in [5.74, 6) is -1.05. The van der Waals surface area contributed by atoms with Crippen molar-refractivity contribution in [2.24, 2.45) is 0 Å². The van der Waals surface area contributed by atoms with E-state index < -0.39 is 22.2 Å². The first-order chi connectivity index (χ1) is 10.0. The van der Waals surface area contributed by atoms with Crippen LogP contribution in [-0.2, 0) is 19.7 Å². The molecule has 1 N–H and O–H groups in total. The van der Waals surface area contributed by atoms with Gasteiger partial charge in [-0.2, -0.15) is 17.0 Å². The van der Waals surface area contributed by atoms with Crippen LogP contribution in [0.25, 0.3) is 0 Å². The number of carboxylic acid groups (broad SMARTS) is 1. The minimum Gasteiger partial charge on any atom is -0.480 e. The van der Waals surface area contributed by atoms with Crippen molar-refractivity contribution in [2.75, 3.05) is 19.7 Å². The lowest BCUT2D eigenvalue weighted by atomic mass is 10.1. The molecule has 0 aromatic rings. The van der Waals surface area contributed by atoms with Crippen LogP contribution in [0.1, 0.15) is 38.5 Å². The maximum atomic E-state index is 12.9. The van der Waals surface area contributed by atoms with Crippen LogP contribution in [0.2, 0.25) is 0 Å². The Morgan fingerprint density at radius 3 is 2.62 bits per heavy atom. The molecule has 3 rings (SSSR count). The molecule has 1 saturated carbocycles. The quantitative estimate of drug-likeness (QED) is 0.815. The highest BCUT2D eigenvalue weighted by atomic mass is 32.2. The van der Waals surface area contributed by atoms with E-state index in [9.17, 15) is 18.3 Å². The van der Waals surface area contributed by atoms with Crippen LogP contribution in [-0.4, -0.2) is 66.0 Å². The molecule has 3 atom stereocenters. The van der Waals surface area contributed by atoms with Gasteiger partial charge in [0.1, 0.15) is 6.04 Å². The van der Waals surface area contributed by atoms with Gasteiger partial charge in [0.15, 0.2) is 0 Å². The van der Waals surface area contributed by atoms with Crippen molar-refractivity contribution in [3.05, 3.63) is 0 Å². The van der Waals surface area contributed by atoms with E-state index in [1.165, 1.54) is 8.61 Å². The average Bonchev–Trinajstić information content (AvgIpc) is 2.95. The van der Waals surface area contributed by atoms with E-state index in [-0.39, 0.29) is 12.1 Å². The van der Waals surface area contributed by atoms with Gasteiger partial charge in [-0.25, -0.2) is 0 Å². The van der Waals surface area contributed by atoms with Crippen molar-refractivity contribution >= 4 is 16.2 Å². The summed E-state index contributed by atoms with van der Waals surface area (Å²) in [7, 11) is -3.73. The van der Waals surface area contributed by atoms with Crippen molar-refractivity contribution < 1.29 is 23.1 Å². The second-order valence-electron chi connectivity index (χ2n) is 5.99. The molecule has 0 bridgehead atoms. The monoisotopic (exact) mass is 318 g/mol. The summed E-state index contributed by atoms with van der Waals surface area (Å²) in [5, 5.41) is 9.31. The van der Waals surface area contributed by atoms with Crippen molar-refractivity contribution in [2.45, 2.75) is 56.7 Å². The molecule has 120 valence electrons. The fraction of sp³-hybridized carbons (Fsp3) is 0.923. The van der Waals surface area contributed by atoms with Crippen LogP contribution in [0.3, 0.4) is 0 Å². The predicted octanol–water partition coefficient (Wildman–Crippen LogP) is 0.424. The Hall–Kier alpha value is -0.700. The number of rotatable bonds is 3. The predicted molar refractivity (Wildman–Crippen MR) is 75.0 cm³/mol. The van der Waals surface area contributed by atoms with Crippen LogP contribution in [0.5, 0.6) is 0 Å². The fourth-order valence-corrected chi connectivity index (χ4v) is 5.77. The van der Waals surface area contributed by atoms with E-state index in [1.807, 2.05) is 0 Å². The Morgan fingerprint density at radius 2 is 1.86 bits per heavy atom. The molecular weight excluding hydrogens is 296 g/mol. The molecule has 3 aliphatic rings. The summed E-state index contributed by atoms with van der Waals surface area (Å²) in [6.45, 7) is 1.02. The highest BCUT2D eigenvalue weighted by molar-refractivity contribution is 7.86. The molecule has 1 aliphatic carbocycles. The molecule has 8 heteroatoms. The number of aliphatic carboxylic acids is 1. The summed E-state index contributed by atoms with van der Waals surface area (Å²) < 4.78 is 34.2. The molecule has 21 heavy (non-hydrogen) atoms. The van der Waals surface area contributed by atoms with E-state index in [0.717, 1.165) is 32.1 Å². The Labute approximate surface area is 125 Å². The lowest BCUT2D eigenvalue weighted by Gasteiger charge is -2.41. The molecule has 2 saturated heterocycles. The molecule has 2 aliphatic heterocycles. The lowest BCUT2D eigenvalue weighted by molar-refractivity contribution is -0.142. The van der Waals surface area contributed by atoms with Crippen LogP contribution in [0, 0.1) is 0 Å². The van der Waals surface area contributed by atoms with Gasteiger partial charge in [0.2, 0.25) is 0 Å². The van der Waals surface area contributed by atoms with Gasteiger partial charge in [0.25, 0.3) is 10.2 Å². The minimum atomic E-state index is -3.73. The smallest absolute Gasteiger partial charge is 0.322 e. The second kappa shape index (κ2) is 5.83. The van der Waals surface area contributed by atoms with Crippen molar-refractivity contribution in [1.82, 2.24) is 8.61 Å². The summed E-state index contributed by atoms with van der Waals surface area (Å²) >= 11 is 0. The SMILES string of the molecule is O=C(O)C1CCCCN1S(=O)(=O)N1CCOC2CCCC21. The van der Waals surface area contributed by atoms with E-state index in [1.54, 1.807) is 0 Å². The normalized spacial score (nSPS) is 35.5. The topological polar surface area (TPSA) is 87.2 Å². The molecule has 0 spiro atoms. The zero-order chi connectivity index (χ0) is 15.0. The average molecular weight is 318 g/mol. The molecule has 7 nitrogen and oxygen atoms in total. The Morgan fingerprint density at radius 1 is 1.05 bits per heavy atom. The maximum absolute atomic E-state index is 12.9. The summed E-state index contributed by atoms with van der Waals surface area (Å²) in [4.78, 5) is 11.4. The zero-order valence-electron chi connectivity index (χ0n) is 12.0. The van der Waals surface area contributed by atoms with E-state index >= 15 is 0 Å². The lowest BCUT2D eigenvalue weighted by Crippen LogP contribution is -2.59. The van der Waals surface area contributed by atoms with E-state index in [0.29, 0.717) is 26.1 Å². The molecule has 0 aromatic heterocycles. The molecule has 3 unspecified atom stereocenters. The number of hydrogen-bond donors (Lipinski definition) is 1. The second-order valence-corrected chi connectivity index (χ2v) is 7.82. The van der Waals surface area contributed by atoms with E-state index in [4.69, 9.17) is 4.74 Å². The summed E-state index contributed by atoms with van der Waals surface area (Å²) in [5.41, 5.74) is 0. The zero-order valence-corrected chi connectivity index (χ0v) is 12.8. The van der Waals surface area contributed by atoms with Crippen LogP contribution in [0.4, 0.5) is 0 Å². The molecule has 3 fully saturated rings. The van der Waals surface area contributed by atoms with Gasteiger partial charge in [0.05, 0.1) is 18.8 Å². The number of nitrogens with zero attached hydrogens (tertiary/aromatic N) is 2. The molecule has 0 amide bonds. The van der Waals surface area contributed by atoms with Gasteiger partial charge in [0, 0.05) is 13.1 Å². The standard InChI is InChI=1S/C13H22N2O5S/c16-13(17)11-4-1-2-7-14(11)21(18,19)15-8-9-20-12-6-3-5-10(12)15/h10-12H,1-9H2,(H,16,17). The third kappa shape index (κ3) is 2.69. The van der Waals surface area contributed by atoms with Crippen molar-refractivity contribution in [3.63, 3.8) is 0 Å². The van der Waals surface area contributed by atoms with Gasteiger partial charge in [-0.1, -0.05) is 0 Å². The fourth-order valence-electron chi connectivity index (χ4n) is 3.74. The van der Waals surface area contributed by atoms with Crippen molar-refractivity contribution in [1.29, 1.82) is 0 Å². The number of morpholine rings is 1. The van der Waals surface area contributed by atoms with Gasteiger partial charge >= 0.3 is 5.97 Å². The summed E-state index contributed by atoms with van der Waals surface area (Å²) in [6.07, 6.45) is 4.51. The molecule has 0 aromatic carbocycles. The molecular formula is C13H22N2O5S. The Kier molecular flexibility index (Phi) is 4.22. The van der Waals surface area contributed by atoms with Gasteiger partial charge in [-0.15, -0.1) is 0 Å². The number of carboxylic acids is 1. The van der Waals surface area contributed by atoms with E-state index in [2.05, 4.69) is 0 Å². The third-order valence-corrected chi connectivity index (χ3v) is 6.84. The first-order valence-corrected chi connectivity index (χ1v) is 9.04. The van der Waals surface area contributed by atoms with Crippen LogP contribution in [0.15, 0.2) is 0 Å². The maximum Gasteiger partial charge on any atom is 0.322 e. The highest BCUT2D eigenvalue weighted by Gasteiger charge is 2.47. The number of hydrogen-bond acceptors (Lipinski definition) is 4. The Balaban J connectivity index is 1.86. The number of fused-ring (bicyclic) bond motifs is 1. The third-order valence-electron chi connectivity index (χ3n) is 4.76. The van der Waals surface area contributed by atoms with Crippen LogP contribution < -0.4 is 0 Å². The first-order valence-electron chi connectivity index (χ1n) is 7.65. The van der Waals surface area contributed by atoms with Gasteiger partial charge in [-0.05, 0) is 38.5 Å². The first kappa shape index (κ1) is 15.2. The highest BCUT2D eigenvalue weighted by Crippen LogP contribution is 2.33. The summed E-state index contributed by atoms with van der Waals surface area (Å²) in [6, 6.07) is -1.05. The van der Waals surface area contributed by atoms with Gasteiger partial charge in [-0.3, -0.25) is 4.79 Å². The Bertz CT molecular complexity index is 509. The molecule has 0 radical (unpaired) electrons. The number of carbonyl (C=O) groups is 1. The minimum absolute atomic E-state index is 0.0263. The van der Waals surface area contributed by atoms with Crippen molar-refractivity contribution in [3.8, 4) is 0 Å².